The second-order valence-electron chi connectivity index (χ2n) is 5.07. The van der Waals surface area contributed by atoms with E-state index in [-0.39, 0.29) is 15.4 Å². The predicted molar refractivity (Wildman–Crippen MR) is 95.3 cm³/mol. The summed E-state index contributed by atoms with van der Waals surface area (Å²) < 4.78 is 11.5. The number of amides is 1. The SMILES string of the molecule is COC(=O)c1sc(NC(=O)c2c(Br)c(C)nn2C)c(C(=O)OC)c1C. The van der Waals surface area contributed by atoms with E-state index in [1.165, 1.54) is 18.9 Å². The second kappa shape index (κ2) is 7.36. The van der Waals surface area contributed by atoms with Gasteiger partial charge >= 0.3 is 11.9 Å². The number of carbonyl (C=O) groups excluding carboxylic acids is 3. The summed E-state index contributed by atoms with van der Waals surface area (Å²) in [5, 5.41) is 7.02. The van der Waals surface area contributed by atoms with Gasteiger partial charge < -0.3 is 14.8 Å². The van der Waals surface area contributed by atoms with E-state index in [4.69, 9.17) is 9.47 Å². The molecule has 0 spiro atoms. The summed E-state index contributed by atoms with van der Waals surface area (Å²) in [6, 6.07) is 0. The number of hydrogen-bond acceptors (Lipinski definition) is 7. The van der Waals surface area contributed by atoms with Crippen molar-refractivity contribution >= 4 is 50.1 Å². The lowest BCUT2D eigenvalue weighted by Crippen LogP contribution is -2.18. The van der Waals surface area contributed by atoms with Gasteiger partial charge in [0.05, 0.1) is 29.9 Å². The highest BCUT2D eigenvalue weighted by atomic mass is 79.9. The second-order valence-corrected chi connectivity index (χ2v) is 6.88. The number of ether oxygens (including phenoxy) is 2. The summed E-state index contributed by atoms with van der Waals surface area (Å²) >= 11 is 4.28. The Hall–Kier alpha value is -2.20. The lowest BCUT2D eigenvalue weighted by atomic mass is 10.1. The van der Waals surface area contributed by atoms with Crippen LogP contribution in [0.2, 0.25) is 0 Å². The van der Waals surface area contributed by atoms with Crippen molar-refractivity contribution in [2.45, 2.75) is 13.8 Å². The molecular weight excluding hydrogens is 414 g/mol. The first kappa shape index (κ1) is 19.1. The quantitative estimate of drug-likeness (QED) is 0.749. The molecule has 0 aliphatic carbocycles. The Morgan fingerprint density at radius 2 is 1.76 bits per heavy atom. The summed E-state index contributed by atoms with van der Waals surface area (Å²) in [6.45, 7) is 3.35. The standard InChI is InChI=1S/C15H16BrN3O5S/c1-6-8(14(21)23-4)13(25-11(6)15(22)24-5)17-12(20)10-9(16)7(2)18-19(10)3/h1-5H3,(H,17,20). The minimum Gasteiger partial charge on any atom is -0.465 e. The average molecular weight is 430 g/mol. The molecule has 0 bridgehead atoms. The van der Waals surface area contributed by atoms with E-state index in [0.29, 0.717) is 21.4 Å². The van der Waals surface area contributed by atoms with E-state index < -0.39 is 17.8 Å². The number of halogens is 1. The van der Waals surface area contributed by atoms with Crippen LogP contribution in [-0.2, 0) is 16.5 Å². The summed E-state index contributed by atoms with van der Waals surface area (Å²) in [6.07, 6.45) is 0. The van der Waals surface area contributed by atoms with Crippen LogP contribution in [0.1, 0.15) is 41.8 Å². The van der Waals surface area contributed by atoms with Crippen LogP contribution in [0.4, 0.5) is 5.00 Å². The maximum absolute atomic E-state index is 12.6. The van der Waals surface area contributed by atoms with Crippen molar-refractivity contribution in [2.75, 3.05) is 19.5 Å². The van der Waals surface area contributed by atoms with Crippen LogP contribution in [0.25, 0.3) is 0 Å². The van der Waals surface area contributed by atoms with Crippen LogP contribution in [-0.4, -0.2) is 41.8 Å². The lowest BCUT2D eigenvalue weighted by molar-refractivity contribution is 0.0601. The molecule has 0 aliphatic heterocycles. The van der Waals surface area contributed by atoms with E-state index in [1.54, 1.807) is 20.9 Å². The summed E-state index contributed by atoms with van der Waals surface area (Å²) in [4.78, 5) is 36.8. The van der Waals surface area contributed by atoms with E-state index in [0.717, 1.165) is 11.3 Å². The highest BCUT2D eigenvalue weighted by molar-refractivity contribution is 9.10. The van der Waals surface area contributed by atoms with Gasteiger partial charge in [0.25, 0.3) is 5.91 Å². The average Bonchev–Trinajstić information content (AvgIpc) is 3.02. The molecule has 0 fully saturated rings. The zero-order valence-electron chi connectivity index (χ0n) is 14.2. The molecular formula is C15H16BrN3O5S. The Balaban J connectivity index is 2.49. The Kier molecular flexibility index (Phi) is 5.63. The van der Waals surface area contributed by atoms with Crippen LogP contribution in [0.5, 0.6) is 0 Å². The Bertz CT molecular complexity index is 871. The third kappa shape index (κ3) is 3.45. The Labute approximate surface area is 156 Å². The number of anilines is 1. The topological polar surface area (TPSA) is 99.5 Å². The smallest absolute Gasteiger partial charge is 0.348 e. The van der Waals surface area contributed by atoms with Crippen LogP contribution < -0.4 is 5.32 Å². The molecule has 2 rings (SSSR count). The molecule has 10 heteroatoms. The number of methoxy groups -OCH3 is 2. The third-order valence-corrected chi connectivity index (χ3v) is 5.64. The van der Waals surface area contributed by atoms with Crippen molar-refractivity contribution in [3.63, 3.8) is 0 Å². The molecule has 1 amide bonds. The van der Waals surface area contributed by atoms with Gasteiger partial charge in [0.2, 0.25) is 0 Å². The van der Waals surface area contributed by atoms with E-state index in [1.807, 2.05) is 0 Å². The molecule has 134 valence electrons. The maximum atomic E-state index is 12.6. The number of hydrogen-bond donors (Lipinski definition) is 1. The highest BCUT2D eigenvalue weighted by Gasteiger charge is 2.28. The van der Waals surface area contributed by atoms with Crippen LogP contribution in [0.3, 0.4) is 0 Å². The zero-order chi connectivity index (χ0) is 18.9. The molecule has 0 atom stereocenters. The molecule has 1 N–H and O–H groups in total. The molecule has 2 aromatic heterocycles. The number of thiophene rings is 1. The van der Waals surface area contributed by atoms with Gasteiger partial charge in [0.1, 0.15) is 15.6 Å². The van der Waals surface area contributed by atoms with Gasteiger partial charge in [0, 0.05) is 7.05 Å². The Morgan fingerprint density at radius 3 is 2.24 bits per heavy atom. The molecule has 2 heterocycles. The van der Waals surface area contributed by atoms with Crippen LogP contribution in [0.15, 0.2) is 4.47 Å². The van der Waals surface area contributed by atoms with E-state index in [2.05, 4.69) is 26.3 Å². The largest absolute Gasteiger partial charge is 0.465 e. The fraction of sp³-hybridized carbons (Fsp3) is 0.333. The number of rotatable bonds is 4. The summed E-state index contributed by atoms with van der Waals surface area (Å²) in [5.41, 5.74) is 1.45. The molecule has 2 aromatic rings. The van der Waals surface area contributed by atoms with Gasteiger partial charge in [-0.1, -0.05) is 0 Å². The molecule has 0 radical (unpaired) electrons. The van der Waals surface area contributed by atoms with E-state index >= 15 is 0 Å². The molecule has 0 aliphatic rings. The fourth-order valence-corrected chi connectivity index (χ4v) is 3.90. The maximum Gasteiger partial charge on any atom is 0.348 e. The number of carbonyl (C=O) groups is 3. The summed E-state index contributed by atoms with van der Waals surface area (Å²) in [5.74, 6) is -1.72. The first-order chi connectivity index (χ1) is 11.7. The third-order valence-electron chi connectivity index (χ3n) is 3.50. The Morgan fingerprint density at radius 1 is 1.16 bits per heavy atom. The number of aryl methyl sites for hydroxylation is 2. The molecule has 0 aromatic carbocycles. The molecule has 0 saturated heterocycles. The van der Waals surface area contributed by atoms with Crippen LogP contribution in [0, 0.1) is 13.8 Å². The predicted octanol–water partition coefficient (Wildman–Crippen LogP) is 2.69. The van der Waals surface area contributed by atoms with Crippen molar-refractivity contribution in [3.05, 3.63) is 31.9 Å². The number of nitrogens with zero attached hydrogens (tertiary/aromatic N) is 2. The van der Waals surface area contributed by atoms with Gasteiger partial charge in [-0.15, -0.1) is 11.3 Å². The van der Waals surface area contributed by atoms with E-state index in [9.17, 15) is 14.4 Å². The first-order valence-electron chi connectivity index (χ1n) is 7.03. The fourth-order valence-electron chi connectivity index (χ4n) is 2.28. The lowest BCUT2D eigenvalue weighted by Gasteiger charge is -2.06. The highest BCUT2D eigenvalue weighted by Crippen LogP contribution is 2.35. The minimum absolute atomic E-state index is 0.122. The van der Waals surface area contributed by atoms with Crippen molar-refractivity contribution in [1.82, 2.24) is 9.78 Å². The number of aromatic nitrogens is 2. The van der Waals surface area contributed by atoms with Crippen molar-refractivity contribution in [1.29, 1.82) is 0 Å². The molecule has 8 nitrogen and oxygen atoms in total. The first-order valence-corrected chi connectivity index (χ1v) is 8.64. The normalized spacial score (nSPS) is 10.5. The molecule has 0 saturated carbocycles. The summed E-state index contributed by atoms with van der Waals surface area (Å²) in [7, 11) is 4.10. The minimum atomic E-state index is -0.653. The number of nitrogens with one attached hydrogen (secondary N) is 1. The monoisotopic (exact) mass is 429 g/mol. The number of esters is 2. The van der Waals surface area contributed by atoms with Gasteiger partial charge in [-0.25, -0.2) is 9.59 Å². The molecule has 0 unspecified atom stereocenters. The van der Waals surface area contributed by atoms with Crippen molar-refractivity contribution in [3.8, 4) is 0 Å². The van der Waals surface area contributed by atoms with Gasteiger partial charge in [-0.3, -0.25) is 9.48 Å². The van der Waals surface area contributed by atoms with Gasteiger partial charge in [-0.2, -0.15) is 5.10 Å². The van der Waals surface area contributed by atoms with Crippen molar-refractivity contribution < 1.29 is 23.9 Å². The van der Waals surface area contributed by atoms with Crippen molar-refractivity contribution in [2.24, 2.45) is 7.05 Å². The van der Waals surface area contributed by atoms with Gasteiger partial charge in [-0.05, 0) is 35.3 Å². The zero-order valence-corrected chi connectivity index (χ0v) is 16.6. The van der Waals surface area contributed by atoms with Gasteiger partial charge in [0.15, 0.2) is 0 Å². The molecule has 25 heavy (non-hydrogen) atoms. The van der Waals surface area contributed by atoms with Crippen LogP contribution >= 0.6 is 27.3 Å².